The molecule has 1 fully saturated rings. The predicted octanol–water partition coefficient (Wildman–Crippen LogP) is 1.68. The Labute approximate surface area is 172 Å². The molecule has 0 spiro atoms. The summed E-state index contributed by atoms with van der Waals surface area (Å²) >= 11 is 0. The normalized spacial score (nSPS) is 17.6. The Morgan fingerprint density at radius 2 is 1.60 bits per heavy atom. The highest BCUT2D eigenvalue weighted by atomic mass is 127. The lowest BCUT2D eigenvalue weighted by Crippen LogP contribution is -3.00. The third-order valence-corrected chi connectivity index (χ3v) is 5.75. The minimum atomic E-state index is 0. The van der Waals surface area contributed by atoms with Crippen molar-refractivity contribution < 1.29 is 28.5 Å². The zero-order chi connectivity index (χ0) is 17.4. The number of halogens is 1. The van der Waals surface area contributed by atoms with Gasteiger partial charge in [-0.1, -0.05) is 39.0 Å². The van der Waals surface area contributed by atoms with E-state index in [1.54, 1.807) is 0 Å². The van der Waals surface area contributed by atoms with Gasteiger partial charge in [-0.2, -0.15) is 0 Å². The number of nitrogens with zero attached hydrogens (tertiary/aromatic N) is 2. The minimum Gasteiger partial charge on any atom is -1.00 e. The molecule has 0 bridgehead atoms. The quantitative estimate of drug-likeness (QED) is 0.250. The molecule has 4 heteroatoms. The summed E-state index contributed by atoms with van der Waals surface area (Å²) in [5.74, 6) is 0. The van der Waals surface area contributed by atoms with Crippen molar-refractivity contribution in [2.75, 3.05) is 44.4 Å². The van der Waals surface area contributed by atoms with Crippen LogP contribution < -0.4 is 34.6 Å². The number of anilines is 2. The second-order valence-electron chi connectivity index (χ2n) is 8.10. The Balaban J connectivity index is 0.00000312. The van der Waals surface area contributed by atoms with Crippen molar-refractivity contribution in [1.29, 1.82) is 0 Å². The highest BCUT2D eigenvalue weighted by Gasteiger charge is 2.34. The highest BCUT2D eigenvalue weighted by molar-refractivity contribution is 5.53. The molecule has 1 aromatic rings. The van der Waals surface area contributed by atoms with Gasteiger partial charge in [-0.3, -0.25) is 0 Å². The zero-order valence-electron chi connectivity index (χ0n) is 16.5. The van der Waals surface area contributed by atoms with Crippen molar-refractivity contribution in [3.8, 4) is 0 Å². The molecule has 2 N–H and O–H groups in total. The summed E-state index contributed by atoms with van der Waals surface area (Å²) in [6.07, 6.45) is 11.1. The van der Waals surface area contributed by atoms with Gasteiger partial charge in [0.2, 0.25) is 0 Å². The lowest BCUT2D eigenvalue weighted by Gasteiger charge is -2.36. The average molecular weight is 459 g/mol. The Kier molecular flexibility index (Phi) is 10.2. The number of benzene rings is 1. The van der Waals surface area contributed by atoms with E-state index in [1.165, 1.54) is 81.2 Å². The largest absolute Gasteiger partial charge is 1.00 e. The van der Waals surface area contributed by atoms with Gasteiger partial charge in [0.15, 0.2) is 0 Å². The van der Waals surface area contributed by atoms with Gasteiger partial charge in [0.1, 0.15) is 6.04 Å². The summed E-state index contributed by atoms with van der Waals surface area (Å²) in [5, 5.41) is 0. The number of nitrogen functional groups attached to an aromatic ring is 1. The lowest BCUT2D eigenvalue weighted by molar-refractivity contribution is -0.912. The third-order valence-electron chi connectivity index (χ3n) is 5.75. The van der Waals surface area contributed by atoms with Gasteiger partial charge in [0.25, 0.3) is 0 Å². The minimum absolute atomic E-state index is 0. The number of quaternary nitrogens is 1. The first-order chi connectivity index (χ1) is 11.5. The van der Waals surface area contributed by atoms with Crippen LogP contribution in [-0.4, -0.2) is 44.3 Å². The first-order valence-corrected chi connectivity index (χ1v) is 9.96. The molecule has 0 aromatic heterocycles. The fourth-order valence-electron chi connectivity index (χ4n) is 3.89. The van der Waals surface area contributed by atoms with Gasteiger partial charge in [-0.25, -0.2) is 0 Å². The standard InChI is InChI=1S/C21H38N3.HI/c1-4-5-6-7-8-9-10-17-24(2,3)21-15-16-23(18-21)20-13-11-19(22)12-14-20;/h11-14,21H,4-10,15-18,22H2,1-3H3;1H/q+1;/p-1. The van der Waals surface area contributed by atoms with Crippen molar-refractivity contribution in [2.24, 2.45) is 0 Å². The molecule has 1 aliphatic heterocycles. The molecule has 0 saturated carbocycles. The molecular formula is C21H38IN3. The third kappa shape index (κ3) is 7.33. The molecule has 0 radical (unpaired) electrons. The highest BCUT2D eigenvalue weighted by Crippen LogP contribution is 2.26. The lowest BCUT2D eigenvalue weighted by atomic mass is 10.1. The van der Waals surface area contributed by atoms with E-state index in [4.69, 9.17) is 5.73 Å². The van der Waals surface area contributed by atoms with Gasteiger partial charge >= 0.3 is 0 Å². The van der Waals surface area contributed by atoms with E-state index in [9.17, 15) is 0 Å². The number of likely N-dealkylation sites (N-methyl/N-ethyl adjacent to an activating group) is 1. The van der Waals surface area contributed by atoms with E-state index >= 15 is 0 Å². The van der Waals surface area contributed by atoms with Crippen LogP contribution in [0.1, 0.15) is 58.3 Å². The van der Waals surface area contributed by atoms with Crippen molar-refractivity contribution in [2.45, 2.75) is 64.3 Å². The molecule has 0 aliphatic carbocycles. The Morgan fingerprint density at radius 3 is 2.24 bits per heavy atom. The van der Waals surface area contributed by atoms with Gasteiger partial charge in [0.05, 0.1) is 27.2 Å². The Bertz CT molecular complexity index is 473. The van der Waals surface area contributed by atoms with E-state index in [0.29, 0.717) is 0 Å². The van der Waals surface area contributed by atoms with Crippen molar-refractivity contribution in [3.63, 3.8) is 0 Å². The Morgan fingerprint density at radius 1 is 1.00 bits per heavy atom. The number of rotatable bonds is 10. The maximum atomic E-state index is 5.81. The van der Waals surface area contributed by atoms with Crippen LogP contribution in [0.3, 0.4) is 0 Å². The molecule has 1 aromatic carbocycles. The molecule has 25 heavy (non-hydrogen) atoms. The molecule has 2 rings (SSSR count). The van der Waals surface area contributed by atoms with Gasteiger partial charge < -0.3 is 39.1 Å². The first-order valence-electron chi connectivity index (χ1n) is 9.96. The SMILES string of the molecule is CCCCCCCCC[N+](C)(C)C1CCN(c2ccc(N)cc2)C1.[I-]. The van der Waals surface area contributed by atoms with Crippen molar-refractivity contribution >= 4 is 11.4 Å². The smallest absolute Gasteiger partial charge is 0.108 e. The summed E-state index contributed by atoms with van der Waals surface area (Å²) in [4.78, 5) is 2.52. The van der Waals surface area contributed by atoms with Crippen LogP contribution in [0.5, 0.6) is 0 Å². The molecule has 1 heterocycles. The second kappa shape index (κ2) is 11.3. The van der Waals surface area contributed by atoms with Crippen LogP contribution in [0.2, 0.25) is 0 Å². The molecule has 1 unspecified atom stereocenters. The van der Waals surface area contributed by atoms with Crippen LogP contribution in [0.15, 0.2) is 24.3 Å². The molecule has 1 aliphatic rings. The number of nitrogens with two attached hydrogens (primary N) is 1. The summed E-state index contributed by atoms with van der Waals surface area (Å²) in [5.41, 5.74) is 7.98. The molecule has 1 atom stereocenters. The second-order valence-corrected chi connectivity index (χ2v) is 8.10. The molecular weight excluding hydrogens is 421 g/mol. The monoisotopic (exact) mass is 459 g/mol. The molecule has 0 amide bonds. The summed E-state index contributed by atoms with van der Waals surface area (Å²) in [6.45, 7) is 5.95. The summed E-state index contributed by atoms with van der Waals surface area (Å²) < 4.78 is 1.17. The fraction of sp³-hybridized carbons (Fsp3) is 0.714. The van der Waals surface area contributed by atoms with Gasteiger partial charge in [-0.05, 0) is 37.1 Å². The number of hydrogen-bond donors (Lipinski definition) is 1. The topological polar surface area (TPSA) is 29.3 Å². The van der Waals surface area contributed by atoms with Crippen LogP contribution in [0.4, 0.5) is 11.4 Å². The average Bonchev–Trinajstić information content (AvgIpc) is 3.05. The zero-order valence-corrected chi connectivity index (χ0v) is 18.7. The van der Waals surface area contributed by atoms with E-state index in [1.807, 2.05) is 12.1 Å². The van der Waals surface area contributed by atoms with Crippen molar-refractivity contribution in [3.05, 3.63) is 24.3 Å². The maximum Gasteiger partial charge on any atom is 0.108 e. The predicted molar refractivity (Wildman–Crippen MR) is 106 cm³/mol. The van der Waals surface area contributed by atoms with E-state index < -0.39 is 0 Å². The van der Waals surface area contributed by atoms with Crippen LogP contribution in [0.25, 0.3) is 0 Å². The van der Waals surface area contributed by atoms with E-state index in [-0.39, 0.29) is 24.0 Å². The molecule has 144 valence electrons. The first kappa shape index (κ1) is 22.6. The van der Waals surface area contributed by atoms with Crippen LogP contribution >= 0.6 is 0 Å². The Hall–Kier alpha value is -0.490. The van der Waals surface area contributed by atoms with Crippen molar-refractivity contribution in [1.82, 2.24) is 0 Å². The van der Waals surface area contributed by atoms with Crippen LogP contribution in [0, 0.1) is 0 Å². The summed E-state index contributed by atoms with van der Waals surface area (Å²) in [6, 6.07) is 9.10. The maximum absolute atomic E-state index is 5.81. The molecule has 3 nitrogen and oxygen atoms in total. The van der Waals surface area contributed by atoms with Gasteiger partial charge in [0, 0.05) is 24.3 Å². The van der Waals surface area contributed by atoms with E-state index in [0.717, 1.165) is 11.7 Å². The molecule has 1 saturated heterocycles. The fourth-order valence-corrected chi connectivity index (χ4v) is 3.89. The number of hydrogen-bond acceptors (Lipinski definition) is 2. The van der Waals surface area contributed by atoms with Gasteiger partial charge in [-0.15, -0.1) is 0 Å². The number of unbranched alkanes of at least 4 members (excludes halogenated alkanes) is 6. The van der Waals surface area contributed by atoms with Crippen LogP contribution in [-0.2, 0) is 0 Å². The summed E-state index contributed by atoms with van der Waals surface area (Å²) in [7, 11) is 4.85. The van der Waals surface area contributed by atoms with E-state index in [2.05, 4.69) is 38.1 Å².